The molecule has 0 aliphatic rings. The zero-order valence-electron chi connectivity index (χ0n) is 8.75. The molecule has 0 amide bonds. The van der Waals surface area contributed by atoms with Gasteiger partial charge in [-0.05, 0) is 5.56 Å². The van der Waals surface area contributed by atoms with Crippen LogP contribution in [0.25, 0.3) is 11.1 Å². The summed E-state index contributed by atoms with van der Waals surface area (Å²) in [7, 11) is 0. The van der Waals surface area contributed by atoms with Crippen molar-refractivity contribution in [3.05, 3.63) is 65.0 Å². The van der Waals surface area contributed by atoms with E-state index in [9.17, 15) is 29.6 Å². The third-order valence-corrected chi connectivity index (χ3v) is 2.44. The second kappa shape index (κ2) is 3.88. The Hall–Kier alpha value is -2.83. The van der Waals surface area contributed by atoms with Crippen molar-refractivity contribution < 1.29 is 10.0 Å². The van der Waals surface area contributed by atoms with Crippen LogP contribution in [-0.4, -0.2) is 10.0 Å². The summed E-state index contributed by atoms with van der Waals surface area (Å²) in [6.07, 6.45) is 0. The summed E-state index contributed by atoms with van der Waals surface area (Å²) in [5.41, 5.74) is -4.62. The van der Waals surface area contributed by atoms with E-state index < -0.39 is 32.5 Å². The van der Waals surface area contributed by atoms with Gasteiger partial charge in [-0.25, -0.2) is 0 Å². The summed E-state index contributed by atoms with van der Waals surface area (Å²) in [5.74, 6) is -0.967. The van der Waals surface area contributed by atoms with Gasteiger partial charge in [-0.15, -0.1) is 0 Å². The molecule has 0 unspecified atom stereocenters. The highest BCUT2D eigenvalue weighted by molar-refractivity contribution is 5.72. The molecule has 2 aromatic carbocycles. The summed E-state index contributed by atoms with van der Waals surface area (Å²) >= 11 is 0. The van der Waals surface area contributed by atoms with Gasteiger partial charge in [0.1, 0.15) is 0 Å². The van der Waals surface area contributed by atoms with Crippen molar-refractivity contribution in [2.45, 2.75) is 0 Å². The molecule has 0 saturated carbocycles. The van der Waals surface area contributed by atoms with Crippen LogP contribution in [0.3, 0.4) is 0 Å². The third kappa shape index (κ3) is 1.58. The minimum Gasteiger partial charge on any atom is -0.503 e. The smallest absolute Gasteiger partial charge is 0.277 e. The van der Waals surface area contributed by atoms with Crippen molar-refractivity contribution in [2.24, 2.45) is 0 Å². The third-order valence-electron chi connectivity index (χ3n) is 2.44. The van der Waals surface area contributed by atoms with Gasteiger partial charge in [0.15, 0.2) is 5.75 Å². The first-order chi connectivity index (χ1) is 8.43. The van der Waals surface area contributed by atoms with E-state index in [1.807, 2.05) is 0 Å². The largest absolute Gasteiger partial charge is 0.503 e. The van der Waals surface area contributed by atoms with Crippen LogP contribution in [0.4, 0.5) is 5.69 Å². The Morgan fingerprint density at radius 2 is 1.72 bits per heavy atom. The Balaban J connectivity index is 2.78. The van der Waals surface area contributed by atoms with E-state index in [0.717, 1.165) is 6.07 Å². The van der Waals surface area contributed by atoms with Crippen molar-refractivity contribution in [1.29, 1.82) is 0 Å². The number of hydrogen-bond acceptors (Lipinski definition) is 6. The quantitative estimate of drug-likeness (QED) is 0.451. The number of nitro groups is 1. The highest BCUT2D eigenvalue weighted by atomic mass is 16.6. The lowest BCUT2D eigenvalue weighted by Crippen LogP contribution is -2.29. The monoisotopic (exact) mass is 247 g/mol. The average Bonchev–Trinajstić information content (AvgIpc) is 2.54. The molecule has 0 aliphatic heterocycles. The Morgan fingerprint density at radius 1 is 1.06 bits per heavy atom. The molecule has 90 valence electrons. The fraction of sp³-hybridized carbons (Fsp3) is 0. The van der Waals surface area contributed by atoms with Crippen LogP contribution in [0.5, 0.6) is 5.75 Å². The average molecular weight is 247 g/mol. The maximum absolute atomic E-state index is 11.4. The van der Waals surface area contributed by atoms with Gasteiger partial charge in [0.05, 0.1) is 10.5 Å². The first-order valence-corrected chi connectivity index (χ1v) is 4.75. The Morgan fingerprint density at radius 3 is 2.22 bits per heavy atom. The number of benzene rings is 1. The molecular weight excluding hydrogens is 242 g/mol. The van der Waals surface area contributed by atoms with Gasteiger partial charge >= 0.3 is 0 Å². The summed E-state index contributed by atoms with van der Waals surface area (Å²) in [4.78, 5) is 43.5. The van der Waals surface area contributed by atoms with E-state index in [4.69, 9.17) is 0 Å². The molecule has 0 spiro atoms. The lowest BCUT2D eigenvalue weighted by Gasteiger charge is -1.97. The fourth-order valence-electron chi connectivity index (χ4n) is 1.59. The molecule has 0 aromatic heterocycles. The van der Waals surface area contributed by atoms with Gasteiger partial charge in [-0.3, -0.25) is 24.5 Å². The predicted molar refractivity (Wildman–Crippen MR) is 61.4 cm³/mol. The molecule has 2 rings (SSSR count). The fourth-order valence-corrected chi connectivity index (χ4v) is 1.59. The van der Waals surface area contributed by atoms with Gasteiger partial charge in [-0.1, -0.05) is 12.1 Å². The minimum absolute atomic E-state index is 0.0362. The van der Waals surface area contributed by atoms with Crippen molar-refractivity contribution in [2.75, 3.05) is 0 Å². The van der Waals surface area contributed by atoms with Crippen LogP contribution in [0, 0.1) is 10.1 Å². The standard InChI is InChI=1S/C11H5NO6/c13-8-7(9(14)11(16)10(8)15)5-2-1-3-6(4-5)12(17)18/h1-4,13H. The van der Waals surface area contributed by atoms with Crippen molar-refractivity contribution in [1.82, 2.24) is 0 Å². The highest BCUT2D eigenvalue weighted by Gasteiger charge is 2.21. The zero-order valence-corrected chi connectivity index (χ0v) is 8.75. The van der Waals surface area contributed by atoms with Crippen LogP contribution in [0.1, 0.15) is 0 Å². The van der Waals surface area contributed by atoms with Crippen LogP contribution in [0.2, 0.25) is 0 Å². The molecule has 0 atom stereocenters. The molecule has 18 heavy (non-hydrogen) atoms. The van der Waals surface area contributed by atoms with E-state index in [1.165, 1.54) is 18.2 Å². The number of rotatable bonds is 2. The van der Waals surface area contributed by atoms with Crippen LogP contribution >= 0.6 is 0 Å². The molecule has 1 N–H and O–H groups in total. The maximum Gasteiger partial charge on any atom is 0.277 e. The summed E-state index contributed by atoms with van der Waals surface area (Å²) in [6, 6.07) is 4.77. The molecule has 7 heteroatoms. The summed E-state index contributed by atoms with van der Waals surface area (Å²) < 4.78 is 0. The number of hydrogen-bond donors (Lipinski definition) is 1. The van der Waals surface area contributed by atoms with Gasteiger partial charge in [-0.2, -0.15) is 0 Å². The molecule has 0 heterocycles. The van der Waals surface area contributed by atoms with E-state index in [1.54, 1.807) is 0 Å². The van der Waals surface area contributed by atoms with E-state index in [-0.39, 0.29) is 11.3 Å². The Bertz CT molecular complexity index is 785. The molecule has 2 aromatic rings. The van der Waals surface area contributed by atoms with Gasteiger partial charge in [0.2, 0.25) is 5.43 Å². The first kappa shape index (κ1) is 11.6. The second-order valence-corrected chi connectivity index (χ2v) is 3.52. The van der Waals surface area contributed by atoms with Crippen molar-refractivity contribution in [3.8, 4) is 16.9 Å². The van der Waals surface area contributed by atoms with Crippen molar-refractivity contribution >= 4 is 5.69 Å². The minimum atomic E-state index is -1.34. The zero-order chi connectivity index (χ0) is 13.4. The van der Waals surface area contributed by atoms with Crippen LogP contribution in [0.15, 0.2) is 38.6 Å². The summed E-state index contributed by atoms with van der Waals surface area (Å²) in [5, 5.41) is 20.0. The number of nitrogens with zero attached hydrogens (tertiary/aromatic N) is 1. The van der Waals surface area contributed by atoms with Crippen molar-refractivity contribution in [3.63, 3.8) is 0 Å². The SMILES string of the molecule is O=c1c(O)c(-c2cccc([N+](=O)[O-])c2)c(=O)c1=O. The molecule has 0 radical (unpaired) electrons. The number of nitro benzene ring substituents is 1. The van der Waals surface area contributed by atoms with Crippen LogP contribution in [-0.2, 0) is 0 Å². The normalized spacial score (nSPS) is 10.4. The maximum atomic E-state index is 11.4. The lowest BCUT2D eigenvalue weighted by atomic mass is 10.1. The van der Waals surface area contributed by atoms with Crippen LogP contribution < -0.4 is 16.3 Å². The molecule has 0 aliphatic carbocycles. The Labute approximate surface area is 98.4 Å². The predicted octanol–water partition coefficient (Wildman–Crippen LogP) is -0.0764. The molecule has 0 fully saturated rings. The highest BCUT2D eigenvalue weighted by Crippen LogP contribution is 2.25. The van der Waals surface area contributed by atoms with E-state index in [0.29, 0.717) is 0 Å². The number of aromatic hydroxyl groups is 1. The van der Waals surface area contributed by atoms with E-state index in [2.05, 4.69) is 0 Å². The molecule has 0 saturated heterocycles. The second-order valence-electron chi connectivity index (χ2n) is 3.52. The van der Waals surface area contributed by atoms with Gasteiger partial charge in [0.25, 0.3) is 16.5 Å². The first-order valence-electron chi connectivity index (χ1n) is 4.75. The van der Waals surface area contributed by atoms with Gasteiger partial charge in [0, 0.05) is 12.1 Å². The van der Waals surface area contributed by atoms with Gasteiger partial charge < -0.3 is 5.11 Å². The number of non-ortho nitro benzene ring substituents is 1. The Kier molecular flexibility index (Phi) is 2.51. The molecular formula is C11H5NO6. The molecule has 0 bridgehead atoms. The molecule has 7 nitrogen and oxygen atoms in total. The van der Waals surface area contributed by atoms with E-state index >= 15 is 0 Å². The lowest BCUT2D eigenvalue weighted by molar-refractivity contribution is -0.384. The summed E-state index contributed by atoms with van der Waals surface area (Å²) in [6.45, 7) is 0. The topological polar surface area (TPSA) is 115 Å².